The third-order valence-corrected chi connectivity index (χ3v) is 3.45. The van der Waals surface area contributed by atoms with Crippen LogP contribution >= 0.6 is 0 Å². The second kappa shape index (κ2) is 7.70. The van der Waals surface area contributed by atoms with Gasteiger partial charge in [-0.2, -0.15) is 0 Å². The SMILES string of the molecule is Cc1[nH]c(=O)[nH]c(=O)c1/C=C\C(=O)N[C@H](CO)C[S@](C)=O. The summed E-state index contributed by atoms with van der Waals surface area (Å²) in [5, 5.41) is 11.5. The van der Waals surface area contributed by atoms with Crippen LogP contribution in [-0.4, -0.2) is 49.8 Å². The van der Waals surface area contributed by atoms with Gasteiger partial charge in [0.15, 0.2) is 0 Å². The van der Waals surface area contributed by atoms with Crippen LogP contribution in [0.15, 0.2) is 15.7 Å². The number of nitrogens with one attached hydrogen (secondary N) is 3. The van der Waals surface area contributed by atoms with Crippen LogP contribution < -0.4 is 16.6 Å². The third kappa shape index (κ3) is 5.48. The van der Waals surface area contributed by atoms with E-state index in [0.29, 0.717) is 5.69 Å². The number of carbonyl (C=O) groups excluding carboxylic acids is 1. The normalized spacial score (nSPS) is 14.0. The summed E-state index contributed by atoms with van der Waals surface area (Å²) < 4.78 is 11.0. The first kappa shape index (κ1) is 17.1. The number of aryl methyl sites for hydroxylation is 1. The molecule has 0 saturated carbocycles. The maximum Gasteiger partial charge on any atom is 0.325 e. The Labute approximate surface area is 122 Å². The summed E-state index contributed by atoms with van der Waals surface area (Å²) in [6.45, 7) is 1.20. The quantitative estimate of drug-likeness (QED) is 0.462. The number of H-pyrrole nitrogens is 2. The van der Waals surface area contributed by atoms with Crippen molar-refractivity contribution >= 4 is 22.8 Å². The van der Waals surface area contributed by atoms with E-state index >= 15 is 0 Å². The van der Waals surface area contributed by atoms with Crippen molar-refractivity contribution in [3.8, 4) is 0 Å². The van der Waals surface area contributed by atoms with Gasteiger partial charge in [0, 0.05) is 34.6 Å². The highest BCUT2D eigenvalue weighted by atomic mass is 32.2. The molecule has 0 fully saturated rings. The first-order valence-corrected chi connectivity index (χ1v) is 7.79. The number of aliphatic hydroxyl groups excluding tert-OH is 1. The van der Waals surface area contributed by atoms with Crippen molar-refractivity contribution in [1.29, 1.82) is 0 Å². The van der Waals surface area contributed by atoms with E-state index in [-0.39, 0.29) is 17.9 Å². The van der Waals surface area contributed by atoms with Crippen molar-refractivity contribution in [2.75, 3.05) is 18.6 Å². The number of rotatable bonds is 6. The molecule has 8 nitrogen and oxygen atoms in total. The molecule has 0 aliphatic rings. The van der Waals surface area contributed by atoms with E-state index in [1.807, 2.05) is 0 Å². The Hall–Kier alpha value is -2.00. The standard InChI is InChI=1S/C12H17N3O5S/c1-7-9(11(18)15-12(19)13-7)3-4-10(17)14-8(5-16)6-21(2)20/h3-4,8,16H,5-6H2,1-2H3,(H,14,17)(H2,13,15,18,19)/b4-3-/t8-,21+/m1/s1. The van der Waals surface area contributed by atoms with Crippen LogP contribution in [0.1, 0.15) is 11.3 Å². The highest BCUT2D eigenvalue weighted by Crippen LogP contribution is 1.98. The number of aromatic amines is 2. The topological polar surface area (TPSA) is 132 Å². The van der Waals surface area contributed by atoms with Gasteiger partial charge in [0.05, 0.1) is 18.2 Å². The molecule has 0 radical (unpaired) electrons. The second-order valence-corrected chi connectivity index (χ2v) is 5.89. The minimum atomic E-state index is -1.16. The van der Waals surface area contributed by atoms with Gasteiger partial charge in [-0.3, -0.25) is 18.8 Å². The van der Waals surface area contributed by atoms with Crippen molar-refractivity contribution in [3.63, 3.8) is 0 Å². The molecule has 0 spiro atoms. The summed E-state index contributed by atoms with van der Waals surface area (Å²) in [5.41, 5.74) is -0.732. The maximum absolute atomic E-state index is 11.7. The monoisotopic (exact) mass is 315 g/mol. The molecular weight excluding hydrogens is 298 g/mol. The van der Waals surface area contributed by atoms with Crippen molar-refractivity contribution in [3.05, 3.63) is 38.2 Å². The molecule has 0 unspecified atom stereocenters. The summed E-state index contributed by atoms with van der Waals surface area (Å²) >= 11 is 0. The number of carbonyl (C=O) groups is 1. The van der Waals surface area contributed by atoms with Crippen LogP contribution in [0.3, 0.4) is 0 Å². The predicted molar refractivity (Wildman–Crippen MR) is 79.4 cm³/mol. The minimum Gasteiger partial charge on any atom is -0.394 e. The fraction of sp³-hybridized carbons (Fsp3) is 0.417. The van der Waals surface area contributed by atoms with Crippen molar-refractivity contribution in [2.24, 2.45) is 0 Å². The highest BCUT2D eigenvalue weighted by molar-refractivity contribution is 7.84. The molecule has 116 valence electrons. The zero-order valence-corrected chi connectivity index (χ0v) is 12.5. The fourth-order valence-electron chi connectivity index (χ4n) is 1.64. The first-order valence-electron chi connectivity index (χ1n) is 6.06. The lowest BCUT2D eigenvalue weighted by Gasteiger charge is -2.13. The summed E-state index contributed by atoms with van der Waals surface area (Å²) in [5.74, 6) is -0.404. The molecule has 1 aromatic rings. The van der Waals surface area contributed by atoms with Gasteiger partial charge in [0.2, 0.25) is 5.91 Å². The largest absolute Gasteiger partial charge is 0.394 e. The van der Waals surface area contributed by atoms with Gasteiger partial charge < -0.3 is 15.4 Å². The molecule has 1 aromatic heterocycles. The van der Waals surface area contributed by atoms with E-state index in [4.69, 9.17) is 5.11 Å². The molecule has 2 atom stereocenters. The van der Waals surface area contributed by atoms with Crippen LogP contribution in [0.25, 0.3) is 6.08 Å². The molecule has 1 heterocycles. The minimum absolute atomic E-state index is 0.133. The van der Waals surface area contributed by atoms with Gasteiger partial charge in [-0.05, 0) is 13.0 Å². The number of amides is 1. The molecule has 0 saturated heterocycles. The van der Waals surface area contributed by atoms with E-state index in [0.717, 1.165) is 6.08 Å². The van der Waals surface area contributed by atoms with E-state index < -0.39 is 34.0 Å². The molecule has 21 heavy (non-hydrogen) atoms. The Kier molecular flexibility index (Phi) is 6.25. The summed E-state index contributed by atoms with van der Waals surface area (Å²) in [4.78, 5) is 38.7. The van der Waals surface area contributed by atoms with Crippen molar-refractivity contribution < 1.29 is 14.1 Å². The second-order valence-electron chi connectivity index (χ2n) is 4.41. The molecule has 0 bridgehead atoms. The van der Waals surface area contributed by atoms with Gasteiger partial charge in [0.1, 0.15) is 0 Å². The first-order chi connectivity index (χ1) is 9.83. The average Bonchev–Trinajstić information content (AvgIpc) is 2.35. The van der Waals surface area contributed by atoms with E-state index in [2.05, 4.69) is 15.3 Å². The lowest BCUT2D eigenvalue weighted by molar-refractivity contribution is -0.117. The molecule has 1 amide bonds. The Bertz CT molecular complexity index is 676. The number of hydrogen-bond donors (Lipinski definition) is 4. The maximum atomic E-state index is 11.7. The van der Waals surface area contributed by atoms with Gasteiger partial charge in [-0.1, -0.05) is 0 Å². The van der Waals surface area contributed by atoms with Crippen LogP contribution in [0.4, 0.5) is 0 Å². The lowest BCUT2D eigenvalue weighted by Crippen LogP contribution is -2.40. The molecular formula is C12H17N3O5S. The van der Waals surface area contributed by atoms with Crippen LogP contribution in [-0.2, 0) is 15.6 Å². The third-order valence-electron chi connectivity index (χ3n) is 2.58. The van der Waals surface area contributed by atoms with Crippen LogP contribution in [0.5, 0.6) is 0 Å². The fourth-order valence-corrected chi connectivity index (χ4v) is 2.40. The summed E-state index contributed by atoms with van der Waals surface area (Å²) in [7, 11) is -1.16. The zero-order valence-electron chi connectivity index (χ0n) is 11.6. The van der Waals surface area contributed by atoms with E-state index in [9.17, 15) is 18.6 Å². The number of aromatic nitrogens is 2. The Morgan fingerprint density at radius 1 is 1.43 bits per heavy atom. The molecule has 0 aromatic carbocycles. The van der Waals surface area contributed by atoms with Crippen LogP contribution in [0.2, 0.25) is 0 Å². The Morgan fingerprint density at radius 2 is 2.10 bits per heavy atom. The van der Waals surface area contributed by atoms with Gasteiger partial charge in [0.25, 0.3) is 5.56 Å². The molecule has 9 heteroatoms. The van der Waals surface area contributed by atoms with Gasteiger partial charge in [-0.25, -0.2) is 4.79 Å². The zero-order chi connectivity index (χ0) is 16.0. The van der Waals surface area contributed by atoms with Crippen LogP contribution in [0, 0.1) is 6.92 Å². The molecule has 4 N–H and O–H groups in total. The highest BCUT2D eigenvalue weighted by Gasteiger charge is 2.11. The van der Waals surface area contributed by atoms with Gasteiger partial charge in [-0.15, -0.1) is 0 Å². The Balaban J connectivity index is 2.81. The predicted octanol–water partition coefficient (Wildman–Crippen LogP) is -1.76. The number of hydrogen-bond acceptors (Lipinski definition) is 5. The smallest absolute Gasteiger partial charge is 0.325 e. The summed E-state index contributed by atoms with van der Waals surface area (Å²) in [6, 6.07) is -0.622. The molecule has 0 aliphatic heterocycles. The number of aliphatic hydroxyl groups is 1. The summed E-state index contributed by atoms with van der Waals surface area (Å²) in [6.07, 6.45) is 3.84. The van der Waals surface area contributed by atoms with E-state index in [1.54, 1.807) is 0 Å². The van der Waals surface area contributed by atoms with Crippen molar-refractivity contribution in [2.45, 2.75) is 13.0 Å². The Morgan fingerprint density at radius 3 is 2.62 bits per heavy atom. The van der Waals surface area contributed by atoms with Gasteiger partial charge >= 0.3 is 5.69 Å². The van der Waals surface area contributed by atoms with E-state index in [1.165, 1.54) is 19.3 Å². The lowest BCUT2D eigenvalue weighted by atomic mass is 10.2. The average molecular weight is 315 g/mol. The van der Waals surface area contributed by atoms with Crippen molar-refractivity contribution in [1.82, 2.24) is 15.3 Å². The molecule has 0 aliphatic carbocycles. The molecule has 1 rings (SSSR count).